The minimum absolute atomic E-state index is 0.0817. The molecule has 0 radical (unpaired) electrons. The van der Waals surface area contributed by atoms with E-state index in [-0.39, 0.29) is 5.69 Å². The molecule has 0 bridgehead atoms. The Morgan fingerprint density at radius 1 is 1.24 bits per heavy atom. The second kappa shape index (κ2) is 6.37. The molecule has 0 unspecified atom stereocenters. The zero-order chi connectivity index (χ0) is 15.4. The largest absolute Gasteiger partial charge is 0.324 e. The molecule has 0 aliphatic heterocycles. The highest BCUT2D eigenvalue weighted by Gasteiger charge is 2.19. The summed E-state index contributed by atoms with van der Waals surface area (Å²) in [5, 5.41) is 12.5. The average Bonchev–Trinajstić information content (AvgIpc) is 2.49. The van der Waals surface area contributed by atoms with E-state index < -0.39 is 16.2 Å². The van der Waals surface area contributed by atoms with Crippen molar-refractivity contribution in [3.8, 4) is 0 Å². The molecule has 6 heteroatoms. The van der Waals surface area contributed by atoms with Gasteiger partial charge in [0, 0.05) is 12.1 Å². The molecule has 0 aromatic heterocycles. The molecule has 2 aromatic carbocycles. The Labute approximate surface area is 126 Å². The number of nitrogens with zero attached hydrogens (tertiary/aromatic N) is 1. The number of benzene rings is 2. The molecule has 2 rings (SSSR count). The lowest BCUT2D eigenvalue weighted by molar-refractivity contribution is -0.384. The number of aryl methyl sites for hydroxylation is 1. The van der Waals surface area contributed by atoms with Gasteiger partial charge in [0.25, 0.3) is 5.69 Å². The molecule has 21 heavy (non-hydrogen) atoms. The second-order valence-corrected chi connectivity index (χ2v) is 4.96. The van der Waals surface area contributed by atoms with Gasteiger partial charge >= 0.3 is 0 Å². The minimum Gasteiger partial charge on any atom is -0.324 e. The van der Waals surface area contributed by atoms with Crippen LogP contribution in [-0.4, -0.2) is 10.8 Å². The van der Waals surface area contributed by atoms with E-state index in [0.717, 1.165) is 5.56 Å². The summed E-state index contributed by atoms with van der Waals surface area (Å²) >= 11 is 6.12. The van der Waals surface area contributed by atoms with Gasteiger partial charge < -0.3 is 5.32 Å². The van der Waals surface area contributed by atoms with Crippen LogP contribution < -0.4 is 5.32 Å². The van der Waals surface area contributed by atoms with Gasteiger partial charge in [-0.1, -0.05) is 36.4 Å². The van der Waals surface area contributed by atoms with E-state index in [9.17, 15) is 14.9 Å². The maximum Gasteiger partial charge on any atom is 0.271 e. The fourth-order valence-corrected chi connectivity index (χ4v) is 2.03. The van der Waals surface area contributed by atoms with Crippen molar-refractivity contribution in [3.63, 3.8) is 0 Å². The third-order valence-corrected chi connectivity index (χ3v) is 3.46. The summed E-state index contributed by atoms with van der Waals surface area (Å²) in [6, 6.07) is 13.2. The molecular formula is C15H13ClN2O3. The first-order valence-corrected chi connectivity index (χ1v) is 6.67. The van der Waals surface area contributed by atoms with Gasteiger partial charge in [0.05, 0.1) is 10.6 Å². The first-order valence-electron chi connectivity index (χ1n) is 6.24. The maximum atomic E-state index is 12.1. The normalized spacial score (nSPS) is 11.7. The first kappa shape index (κ1) is 15.0. The van der Waals surface area contributed by atoms with Crippen molar-refractivity contribution in [2.45, 2.75) is 12.3 Å². The lowest BCUT2D eigenvalue weighted by Crippen LogP contribution is -2.18. The Bertz CT molecular complexity index is 674. The molecule has 0 aliphatic rings. The Hall–Kier alpha value is -2.40. The van der Waals surface area contributed by atoms with Crippen molar-refractivity contribution in [1.82, 2.24) is 0 Å². The molecule has 0 saturated heterocycles. The fraction of sp³-hybridized carbons (Fsp3) is 0.133. The summed E-state index contributed by atoms with van der Waals surface area (Å²) in [6.45, 7) is 1.76. The summed E-state index contributed by atoms with van der Waals surface area (Å²) in [7, 11) is 0. The molecule has 0 saturated carbocycles. The number of nitro groups is 1. The van der Waals surface area contributed by atoms with Crippen LogP contribution in [0.5, 0.6) is 0 Å². The topological polar surface area (TPSA) is 72.2 Å². The number of non-ortho nitro benzene ring substituents is 1. The monoisotopic (exact) mass is 304 g/mol. The van der Waals surface area contributed by atoms with E-state index >= 15 is 0 Å². The van der Waals surface area contributed by atoms with E-state index in [4.69, 9.17) is 11.6 Å². The van der Waals surface area contributed by atoms with Crippen LogP contribution in [0, 0.1) is 17.0 Å². The van der Waals surface area contributed by atoms with Gasteiger partial charge in [-0.05, 0) is 18.1 Å². The molecule has 1 N–H and O–H groups in total. The van der Waals surface area contributed by atoms with Crippen LogP contribution in [0.25, 0.3) is 0 Å². The summed E-state index contributed by atoms with van der Waals surface area (Å²) in [5.74, 6) is -0.425. The minimum atomic E-state index is -0.857. The Morgan fingerprint density at radius 2 is 1.90 bits per heavy atom. The SMILES string of the molecule is Cc1ccc([N+](=O)[O-])cc1NC(=O)[C@H](Cl)c1ccccc1. The van der Waals surface area contributed by atoms with Gasteiger partial charge in [-0.15, -0.1) is 11.6 Å². The lowest BCUT2D eigenvalue weighted by atomic mass is 10.1. The van der Waals surface area contributed by atoms with Gasteiger partial charge in [-0.3, -0.25) is 14.9 Å². The van der Waals surface area contributed by atoms with Crippen molar-refractivity contribution in [3.05, 3.63) is 69.8 Å². The predicted molar refractivity (Wildman–Crippen MR) is 81.5 cm³/mol. The first-order chi connectivity index (χ1) is 9.99. The third kappa shape index (κ3) is 3.58. The molecule has 0 fully saturated rings. The molecule has 0 heterocycles. The number of carbonyl (C=O) groups is 1. The number of hydrogen-bond donors (Lipinski definition) is 1. The molecule has 108 valence electrons. The van der Waals surface area contributed by atoms with Gasteiger partial charge in [-0.2, -0.15) is 0 Å². The zero-order valence-electron chi connectivity index (χ0n) is 11.2. The van der Waals surface area contributed by atoms with Crippen LogP contribution in [0.15, 0.2) is 48.5 Å². The molecular weight excluding hydrogens is 292 g/mol. The number of halogens is 1. The third-order valence-electron chi connectivity index (χ3n) is 3.01. The number of hydrogen-bond acceptors (Lipinski definition) is 3. The number of anilines is 1. The van der Waals surface area contributed by atoms with Crippen molar-refractivity contribution in [2.75, 3.05) is 5.32 Å². The number of amides is 1. The van der Waals surface area contributed by atoms with Crippen molar-refractivity contribution in [2.24, 2.45) is 0 Å². The molecule has 0 aliphatic carbocycles. The smallest absolute Gasteiger partial charge is 0.271 e. The van der Waals surface area contributed by atoms with Crippen LogP contribution in [0.2, 0.25) is 0 Å². The number of carbonyl (C=O) groups excluding carboxylic acids is 1. The van der Waals surface area contributed by atoms with Crippen molar-refractivity contribution in [1.29, 1.82) is 0 Å². The highest BCUT2D eigenvalue weighted by molar-refractivity contribution is 6.32. The summed E-state index contributed by atoms with van der Waals surface area (Å²) in [4.78, 5) is 22.4. The van der Waals surface area contributed by atoms with E-state index in [1.807, 2.05) is 6.07 Å². The number of nitro benzene ring substituents is 1. The summed E-state index contributed by atoms with van der Waals surface area (Å²) in [6.07, 6.45) is 0. The predicted octanol–water partition coefficient (Wildman–Crippen LogP) is 3.82. The summed E-state index contributed by atoms with van der Waals surface area (Å²) < 4.78 is 0. The highest BCUT2D eigenvalue weighted by Crippen LogP contribution is 2.26. The zero-order valence-corrected chi connectivity index (χ0v) is 12.0. The average molecular weight is 305 g/mol. The molecule has 2 aromatic rings. The molecule has 1 amide bonds. The number of nitrogens with one attached hydrogen (secondary N) is 1. The van der Waals surface area contributed by atoms with Crippen LogP contribution in [0.3, 0.4) is 0 Å². The van der Waals surface area contributed by atoms with E-state index in [0.29, 0.717) is 11.3 Å². The maximum absolute atomic E-state index is 12.1. The van der Waals surface area contributed by atoms with Crippen molar-refractivity contribution >= 4 is 28.9 Å². The van der Waals surface area contributed by atoms with Crippen LogP contribution in [0.1, 0.15) is 16.5 Å². The highest BCUT2D eigenvalue weighted by atomic mass is 35.5. The fourth-order valence-electron chi connectivity index (χ4n) is 1.83. The van der Waals surface area contributed by atoms with Gasteiger partial charge in [0.15, 0.2) is 0 Å². The molecule has 0 spiro atoms. The Morgan fingerprint density at radius 3 is 2.52 bits per heavy atom. The molecule has 5 nitrogen and oxygen atoms in total. The van der Waals surface area contributed by atoms with E-state index in [2.05, 4.69) is 5.32 Å². The van der Waals surface area contributed by atoms with Gasteiger partial charge in [0.2, 0.25) is 5.91 Å². The lowest BCUT2D eigenvalue weighted by Gasteiger charge is -2.12. The van der Waals surface area contributed by atoms with E-state index in [1.165, 1.54) is 12.1 Å². The summed E-state index contributed by atoms with van der Waals surface area (Å²) in [5.41, 5.74) is 1.70. The number of rotatable bonds is 4. The van der Waals surface area contributed by atoms with E-state index in [1.54, 1.807) is 37.3 Å². The van der Waals surface area contributed by atoms with Crippen LogP contribution >= 0.6 is 11.6 Å². The van der Waals surface area contributed by atoms with Gasteiger partial charge in [0.1, 0.15) is 5.38 Å². The Balaban J connectivity index is 2.20. The molecule has 1 atom stereocenters. The quantitative estimate of drug-likeness (QED) is 0.530. The standard InChI is InChI=1S/C15H13ClN2O3/c1-10-7-8-12(18(20)21)9-13(10)17-15(19)14(16)11-5-3-2-4-6-11/h2-9,14H,1H3,(H,17,19)/t14-/m1/s1. The number of alkyl halides is 1. The second-order valence-electron chi connectivity index (χ2n) is 4.52. The van der Waals surface area contributed by atoms with Gasteiger partial charge in [-0.25, -0.2) is 0 Å². The van der Waals surface area contributed by atoms with Crippen LogP contribution in [-0.2, 0) is 4.79 Å². The van der Waals surface area contributed by atoms with Crippen molar-refractivity contribution < 1.29 is 9.72 Å². The Kier molecular flexibility index (Phi) is 4.55. The van der Waals surface area contributed by atoms with Crippen LogP contribution in [0.4, 0.5) is 11.4 Å².